The predicted octanol–water partition coefficient (Wildman–Crippen LogP) is 3.60. The number of carbonyl (C=O) groups is 1. The topological polar surface area (TPSA) is 89.0 Å². The molecule has 0 aliphatic heterocycles. The van der Waals surface area contributed by atoms with E-state index in [-0.39, 0.29) is 11.5 Å². The van der Waals surface area contributed by atoms with Gasteiger partial charge in [-0.15, -0.1) is 11.3 Å². The molecule has 0 unspecified atom stereocenters. The molecular weight excluding hydrogens is 390 g/mol. The van der Waals surface area contributed by atoms with Gasteiger partial charge in [-0.25, -0.2) is 18.4 Å². The Bertz CT molecular complexity index is 1040. The Labute approximate surface area is 160 Å². The Hall–Kier alpha value is -1.97. The van der Waals surface area contributed by atoms with Crippen LogP contribution in [0.5, 0.6) is 0 Å². The lowest BCUT2D eigenvalue weighted by atomic mass is 10.1. The molecule has 3 rings (SSSR count). The number of rotatable bonds is 7. The van der Waals surface area contributed by atoms with Gasteiger partial charge in [-0.1, -0.05) is 18.7 Å². The number of aromatic nitrogens is 2. The van der Waals surface area contributed by atoms with Gasteiger partial charge >= 0.3 is 0 Å². The molecule has 0 radical (unpaired) electrons. The van der Waals surface area contributed by atoms with Gasteiger partial charge < -0.3 is 0 Å². The van der Waals surface area contributed by atoms with Gasteiger partial charge in [-0.3, -0.25) is 9.52 Å². The van der Waals surface area contributed by atoms with E-state index in [2.05, 4.69) is 27.7 Å². The van der Waals surface area contributed by atoms with Gasteiger partial charge in [0.15, 0.2) is 5.78 Å². The van der Waals surface area contributed by atoms with Gasteiger partial charge in [0.05, 0.1) is 12.0 Å². The van der Waals surface area contributed by atoms with Gasteiger partial charge in [0, 0.05) is 21.5 Å². The van der Waals surface area contributed by atoms with Crippen LogP contribution in [0, 0.1) is 0 Å². The summed E-state index contributed by atoms with van der Waals surface area (Å²) in [5.41, 5.74) is 0.959. The number of aryl methyl sites for hydroxylation is 1. The lowest BCUT2D eigenvalue weighted by Crippen LogP contribution is -2.10. The number of hydrogen-bond acceptors (Lipinski definition) is 7. The van der Waals surface area contributed by atoms with Crippen LogP contribution in [0.25, 0.3) is 10.2 Å². The SMILES string of the molecule is CCc1cc2c(SCC(=O)c3ccc(NS(C)(=O)=O)cc3)ncnc2s1. The van der Waals surface area contributed by atoms with Crippen LogP contribution >= 0.6 is 23.1 Å². The molecule has 1 aromatic carbocycles. The summed E-state index contributed by atoms with van der Waals surface area (Å²) in [5, 5.41) is 1.79. The standard InChI is InChI=1S/C17H17N3O3S3/c1-3-13-8-14-16(18-10-19-17(14)25-13)24-9-15(21)11-4-6-12(7-5-11)20-26(2,22)23/h4-8,10,20H,3,9H2,1-2H3. The van der Waals surface area contributed by atoms with E-state index in [1.807, 2.05) is 0 Å². The molecule has 2 aromatic heterocycles. The molecule has 136 valence electrons. The smallest absolute Gasteiger partial charge is 0.229 e. The lowest BCUT2D eigenvalue weighted by Gasteiger charge is -2.05. The van der Waals surface area contributed by atoms with E-state index in [1.54, 1.807) is 35.6 Å². The minimum absolute atomic E-state index is 0.0430. The average Bonchev–Trinajstić information content (AvgIpc) is 3.03. The van der Waals surface area contributed by atoms with Crippen LogP contribution in [0.15, 0.2) is 41.7 Å². The van der Waals surface area contributed by atoms with E-state index in [0.717, 1.165) is 27.9 Å². The summed E-state index contributed by atoms with van der Waals surface area (Å²) in [6, 6.07) is 8.47. The Morgan fingerprint density at radius 2 is 1.96 bits per heavy atom. The van der Waals surface area contributed by atoms with Crippen LogP contribution < -0.4 is 4.72 Å². The maximum atomic E-state index is 12.4. The monoisotopic (exact) mass is 407 g/mol. The van der Waals surface area contributed by atoms with Gasteiger partial charge in [0.2, 0.25) is 10.0 Å². The molecule has 0 saturated carbocycles. The first kappa shape index (κ1) is 18.8. The lowest BCUT2D eigenvalue weighted by molar-refractivity contribution is 0.102. The highest BCUT2D eigenvalue weighted by molar-refractivity contribution is 8.00. The quantitative estimate of drug-likeness (QED) is 0.366. The van der Waals surface area contributed by atoms with Crippen molar-refractivity contribution in [3.8, 4) is 0 Å². The summed E-state index contributed by atoms with van der Waals surface area (Å²) in [7, 11) is -3.33. The van der Waals surface area contributed by atoms with Gasteiger partial charge in [0.25, 0.3) is 0 Å². The van der Waals surface area contributed by atoms with Crippen LogP contribution in [0.4, 0.5) is 5.69 Å². The number of ketones is 1. The molecule has 6 nitrogen and oxygen atoms in total. The first-order valence-electron chi connectivity index (χ1n) is 7.83. The third-order valence-corrected chi connectivity index (χ3v) is 6.34. The van der Waals surface area contributed by atoms with E-state index >= 15 is 0 Å². The second-order valence-electron chi connectivity index (χ2n) is 5.63. The second kappa shape index (κ2) is 7.73. The van der Waals surface area contributed by atoms with Crippen LogP contribution in [-0.4, -0.2) is 36.2 Å². The van der Waals surface area contributed by atoms with Gasteiger partial charge in [-0.05, 0) is 36.8 Å². The maximum Gasteiger partial charge on any atom is 0.229 e. The van der Waals surface area contributed by atoms with Crippen LogP contribution in [0.2, 0.25) is 0 Å². The minimum atomic E-state index is -3.33. The second-order valence-corrected chi connectivity index (χ2v) is 9.46. The zero-order valence-electron chi connectivity index (χ0n) is 14.2. The molecular formula is C17H17N3O3S3. The highest BCUT2D eigenvalue weighted by Gasteiger charge is 2.12. The molecule has 1 N–H and O–H groups in total. The van der Waals surface area contributed by atoms with Gasteiger partial charge in [-0.2, -0.15) is 0 Å². The number of carbonyl (C=O) groups excluding carboxylic acids is 1. The minimum Gasteiger partial charge on any atom is -0.293 e. The molecule has 9 heteroatoms. The number of anilines is 1. The molecule has 0 aliphatic rings. The van der Waals surface area contributed by atoms with Crippen molar-refractivity contribution in [2.75, 3.05) is 16.7 Å². The number of benzene rings is 1. The number of thiophene rings is 1. The summed E-state index contributed by atoms with van der Waals surface area (Å²) in [6.07, 6.45) is 3.55. The number of hydrogen-bond donors (Lipinski definition) is 1. The summed E-state index contributed by atoms with van der Waals surface area (Å²) < 4.78 is 24.8. The summed E-state index contributed by atoms with van der Waals surface area (Å²) in [6.45, 7) is 2.09. The third-order valence-electron chi connectivity index (χ3n) is 3.54. The Kier molecular flexibility index (Phi) is 5.59. The number of Topliss-reactive ketones (excluding diaryl/α,β-unsaturated/α-hetero) is 1. The maximum absolute atomic E-state index is 12.4. The molecule has 0 fully saturated rings. The van der Waals surface area contributed by atoms with Crippen molar-refractivity contribution in [2.24, 2.45) is 0 Å². The number of fused-ring (bicyclic) bond motifs is 1. The molecule has 0 atom stereocenters. The van der Waals surface area contributed by atoms with Crippen molar-refractivity contribution in [2.45, 2.75) is 18.4 Å². The number of thioether (sulfide) groups is 1. The first-order chi connectivity index (χ1) is 12.4. The van der Waals surface area contributed by atoms with Crippen LogP contribution in [0.1, 0.15) is 22.2 Å². The molecule has 0 bridgehead atoms. The van der Waals surface area contributed by atoms with Crippen molar-refractivity contribution in [3.05, 3.63) is 47.1 Å². The molecule has 26 heavy (non-hydrogen) atoms. The number of sulfonamides is 1. The van der Waals surface area contributed by atoms with Crippen LogP contribution in [0.3, 0.4) is 0 Å². The van der Waals surface area contributed by atoms with E-state index < -0.39 is 10.0 Å². The predicted molar refractivity (Wildman–Crippen MR) is 107 cm³/mol. The fourth-order valence-corrected chi connectivity index (χ4v) is 4.76. The largest absolute Gasteiger partial charge is 0.293 e. The zero-order valence-corrected chi connectivity index (χ0v) is 16.7. The molecule has 3 aromatic rings. The van der Waals surface area contributed by atoms with E-state index in [9.17, 15) is 13.2 Å². The first-order valence-corrected chi connectivity index (χ1v) is 11.5. The van der Waals surface area contributed by atoms with Crippen molar-refractivity contribution in [3.63, 3.8) is 0 Å². The number of nitrogens with zero attached hydrogens (tertiary/aromatic N) is 2. The summed E-state index contributed by atoms with van der Waals surface area (Å²) in [4.78, 5) is 23.2. The number of nitrogens with one attached hydrogen (secondary N) is 1. The Morgan fingerprint density at radius 1 is 1.23 bits per heavy atom. The normalized spacial score (nSPS) is 11.6. The van der Waals surface area contributed by atoms with Crippen molar-refractivity contribution in [1.82, 2.24) is 9.97 Å². The summed E-state index contributed by atoms with van der Waals surface area (Å²) >= 11 is 3.03. The fraction of sp³-hybridized carbons (Fsp3) is 0.235. The van der Waals surface area contributed by atoms with Crippen molar-refractivity contribution < 1.29 is 13.2 Å². The Morgan fingerprint density at radius 3 is 2.62 bits per heavy atom. The van der Waals surface area contributed by atoms with Crippen LogP contribution in [-0.2, 0) is 16.4 Å². The highest BCUT2D eigenvalue weighted by atomic mass is 32.2. The average molecular weight is 408 g/mol. The summed E-state index contributed by atoms with van der Waals surface area (Å²) in [5.74, 6) is 0.209. The molecule has 0 amide bonds. The zero-order chi connectivity index (χ0) is 18.7. The fourth-order valence-electron chi connectivity index (χ4n) is 2.33. The highest BCUT2D eigenvalue weighted by Crippen LogP contribution is 2.31. The van der Waals surface area contributed by atoms with E-state index in [4.69, 9.17) is 0 Å². The molecule has 0 spiro atoms. The van der Waals surface area contributed by atoms with E-state index in [1.165, 1.54) is 23.0 Å². The van der Waals surface area contributed by atoms with Gasteiger partial charge in [0.1, 0.15) is 16.2 Å². The van der Waals surface area contributed by atoms with E-state index in [0.29, 0.717) is 11.3 Å². The molecule has 0 aliphatic carbocycles. The molecule has 2 heterocycles. The molecule has 0 saturated heterocycles. The van der Waals surface area contributed by atoms with Crippen molar-refractivity contribution >= 4 is 54.8 Å². The Balaban J connectivity index is 1.70. The van der Waals surface area contributed by atoms with Crippen molar-refractivity contribution in [1.29, 1.82) is 0 Å². The third kappa shape index (κ3) is 4.60.